The van der Waals surface area contributed by atoms with Crippen molar-refractivity contribution in [2.75, 3.05) is 5.75 Å². The standard InChI is InChI=1S/C12H13N5OS/c1-8-5-9(2)17-11(14-8)15-12(16-17)19-4-3-10-6-13-18-7-10/h5-7H,3-4H2,1-2H3. The molecule has 3 aromatic heterocycles. The molecule has 0 unspecified atom stereocenters. The van der Waals surface area contributed by atoms with Gasteiger partial charge in [-0.15, -0.1) is 5.10 Å². The molecule has 0 aliphatic heterocycles. The summed E-state index contributed by atoms with van der Waals surface area (Å²) in [6, 6.07) is 1.99. The van der Waals surface area contributed by atoms with Gasteiger partial charge in [0.05, 0.1) is 6.20 Å². The fourth-order valence-corrected chi connectivity index (χ4v) is 2.63. The Morgan fingerprint density at radius 3 is 3.00 bits per heavy atom. The first-order valence-corrected chi connectivity index (χ1v) is 6.93. The Hall–Kier alpha value is -1.89. The van der Waals surface area contributed by atoms with Crippen LogP contribution in [0.1, 0.15) is 17.0 Å². The molecule has 0 bridgehead atoms. The van der Waals surface area contributed by atoms with Gasteiger partial charge in [-0.1, -0.05) is 16.9 Å². The van der Waals surface area contributed by atoms with Gasteiger partial charge in [-0.2, -0.15) is 4.98 Å². The monoisotopic (exact) mass is 275 g/mol. The summed E-state index contributed by atoms with van der Waals surface area (Å²) >= 11 is 1.61. The Balaban J connectivity index is 1.73. The van der Waals surface area contributed by atoms with Crippen LogP contribution in [0.15, 0.2) is 28.2 Å². The second-order valence-corrected chi connectivity index (χ2v) is 5.34. The van der Waals surface area contributed by atoms with Crippen LogP contribution in [0.25, 0.3) is 5.78 Å². The molecule has 0 radical (unpaired) electrons. The number of fused-ring (bicyclic) bond motifs is 1. The molecule has 19 heavy (non-hydrogen) atoms. The first-order chi connectivity index (χ1) is 9.22. The average molecular weight is 275 g/mol. The molecule has 0 amide bonds. The number of aryl methyl sites for hydroxylation is 3. The van der Waals surface area contributed by atoms with E-state index in [2.05, 4.69) is 20.2 Å². The minimum absolute atomic E-state index is 0.657. The van der Waals surface area contributed by atoms with E-state index in [-0.39, 0.29) is 0 Å². The molecule has 0 aliphatic rings. The quantitative estimate of drug-likeness (QED) is 0.679. The van der Waals surface area contributed by atoms with Crippen molar-refractivity contribution >= 4 is 17.5 Å². The number of aromatic nitrogens is 5. The van der Waals surface area contributed by atoms with E-state index in [0.29, 0.717) is 5.78 Å². The number of hydrogen-bond donors (Lipinski definition) is 0. The van der Waals surface area contributed by atoms with Crippen LogP contribution in [-0.2, 0) is 6.42 Å². The molecule has 3 heterocycles. The van der Waals surface area contributed by atoms with Crippen LogP contribution in [0.5, 0.6) is 0 Å². The lowest BCUT2D eigenvalue weighted by Gasteiger charge is -1.97. The largest absolute Gasteiger partial charge is 0.364 e. The molecule has 0 aromatic carbocycles. The van der Waals surface area contributed by atoms with E-state index in [0.717, 1.165) is 34.3 Å². The van der Waals surface area contributed by atoms with E-state index in [1.54, 1.807) is 28.7 Å². The predicted molar refractivity (Wildman–Crippen MR) is 71.2 cm³/mol. The van der Waals surface area contributed by atoms with Gasteiger partial charge in [-0.25, -0.2) is 9.50 Å². The molecular formula is C12H13N5OS. The van der Waals surface area contributed by atoms with Crippen molar-refractivity contribution in [2.24, 2.45) is 0 Å². The molecule has 98 valence electrons. The van der Waals surface area contributed by atoms with Crippen molar-refractivity contribution in [3.8, 4) is 0 Å². The van der Waals surface area contributed by atoms with E-state index < -0.39 is 0 Å². The summed E-state index contributed by atoms with van der Waals surface area (Å²) in [6.07, 6.45) is 4.27. The van der Waals surface area contributed by atoms with E-state index in [1.165, 1.54) is 0 Å². The van der Waals surface area contributed by atoms with E-state index in [9.17, 15) is 0 Å². The van der Waals surface area contributed by atoms with Crippen molar-refractivity contribution in [3.05, 3.63) is 35.5 Å². The van der Waals surface area contributed by atoms with Crippen LogP contribution in [-0.4, -0.2) is 30.5 Å². The van der Waals surface area contributed by atoms with E-state index in [4.69, 9.17) is 4.52 Å². The van der Waals surface area contributed by atoms with Gasteiger partial charge in [0.25, 0.3) is 5.78 Å². The smallest absolute Gasteiger partial charge is 0.253 e. The lowest BCUT2D eigenvalue weighted by molar-refractivity contribution is 0.419. The predicted octanol–water partition coefficient (Wildman–Crippen LogP) is 2.06. The molecule has 0 saturated heterocycles. The van der Waals surface area contributed by atoms with Gasteiger partial charge in [0.2, 0.25) is 5.16 Å². The number of rotatable bonds is 4. The summed E-state index contributed by atoms with van der Waals surface area (Å²) < 4.78 is 6.56. The van der Waals surface area contributed by atoms with Gasteiger partial charge in [0.1, 0.15) is 6.26 Å². The topological polar surface area (TPSA) is 69.1 Å². The molecule has 0 fully saturated rings. The maximum absolute atomic E-state index is 4.79. The molecular weight excluding hydrogens is 262 g/mol. The fraction of sp³-hybridized carbons (Fsp3) is 0.333. The van der Waals surface area contributed by atoms with Crippen molar-refractivity contribution in [1.82, 2.24) is 24.7 Å². The molecule has 7 heteroatoms. The number of nitrogens with zero attached hydrogens (tertiary/aromatic N) is 5. The molecule has 0 spiro atoms. The second-order valence-electron chi connectivity index (χ2n) is 4.28. The first kappa shape index (κ1) is 12.2. The highest BCUT2D eigenvalue weighted by Crippen LogP contribution is 2.16. The Bertz CT molecular complexity index is 692. The number of hydrogen-bond acceptors (Lipinski definition) is 6. The van der Waals surface area contributed by atoms with Crippen LogP contribution in [0, 0.1) is 13.8 Å². The third-order valence-electron chi connectivity index (χ3n) is 2.70. The average Bonchev–Trinajstić information content (AvgIpc) is 2.98. The summed E-state index contributed by atoms with van der Waals surface area (Å²) in [7, 11) is 0. The highest BCUT2D eigenvalue weighted by Gasteiger charge is 2.08. The Kier molecular flexibility index (Phi) is 3.20. The molecule has 3 rings (SSSR count). The van der Waals surface area contributed by atoms with Crippen molar-refractivity contribution in [1.29, 1.82) is 0 Å². The van der Waals surface area contributed by atoms with Crippen LogP contribution in [0.3, 0.4) is 0 Å². The van der Waals surface area contributed by atoms with Crippen LogP contribution in [0.2, 0.25) is 0 Å². The highest BCUT2D eigenvalue weighted by atomic mass is 32.2. The van der Waals surface area contributed by atoms with Crippen molar-refractivity contribution in [3.63, 3.8) is 0 Å². The third kappa shape index (κ3) is 2.60. The molecule has 6 nitrogen and oxygen atoms in total. The molecule has 0 saturated carbocycles. The van der Waals surface area contributed by atoms with E-state index in [1.807, 2.05) is 19.9 Å². The fourth-order valence-electron chi connectivity index (χ4n) is 1.82. The first-order valence-electron chi connectivity index (χ1n) is 5.94. The van der Waals surface area contributed by atoms with Gasteiger partial charge in [0, 0.05) is 22.7 Å². The lowest BCUT2D eigenvalue weighted by atomic mass is 10.3. The zero-order valence-corrected chi connectivity index (χ0v) is 11.5. The normalized spacial score (nSPS) is 11.3. The van der Waals surface area contributed by atoms with Gasteiger partial charge in [-0.3, -0.25) is 0 Å². The Morgan fingerprint density at radius 2 is 2.21 bits per heavy atom. The zero-order chi connectivity index (χ0) is 13.2. The summed E-state index contributed by atoms with van der Waals surface area (Å²) in [6.45, 7) is 3.96. The Morgan fingerprint density at radius 1 is 1.32 bits per heavy atom. The van der Waals surface area contributed by atoms with Gasteiger partial charge < -0.3 is 4.52 Å². The van der Waals surface area contributed by atoms with E-state index >= 15 is 0 Å². The lowest BCUT2D eigenvalue weighted by Crippen LogP contribution is -1.97. The molecule has 0 atom stereocenters. The second kappa shape index (κ2) is 5.00. The van der Waals surface area contributed by atoms with Gasteiger partial charge >= 0.3 is 0 Å². The Labute approximate surface area is 114 Å². The summed E-state index contributed by atoms with van der Waals surface area (Å²) in [5.74, 6) is 1.54. The molecule has 0 N–H and O–H groups in total. The maximum atomic E-state index is 4.79. The van der Waals surface area contributed by atoms with Crippen molar-refractivity contribution in [2.45, 2.75) is 25.4 Å². The number of thioether (sulfide) groups is 1. The summed E-state index contributed by atoms with van der Waals surface area (Å²) in [4.78, 5) is 8.78. The summed E-state index contributed by atoms with van der Waals surface area (Å²) in [5.41, 5.74) is 3.08. The minimum Gasteiger partial charge on any atom is -0.364 e. The molecule has 3 aromatic rings. The van der Waals surface area contributed by atoms with Crippen molar-refractivity contribution < 1.29 is 4.52 Å². The van der Waals surface area contributed by atoms with Gasteiger partial charge in [0.15, 0.2) is 0 Å². The highest BCUT2D eigenvalue weighted by molar-refractivity contribution is 7.99. The molecule has 0 aliphatic carbocycles. The summed E-state index contributed by atoms with van der Waals surface area (Å²) in [5, 5.41) is 8.86. The minimum atomic E-state index is 0.657. The third-order valence-corrected chi connectivity index (χ3v) is 3.54. The van der Waals surface area contributed by atoms with Crippen LogP contribution < -0.4 is 0 Å². The maximum Gasteiger partial charge on any atom is 0.253 e. The SMILES string of the molecule is Cc1cc(C)n2nc(SCCc3cnoc3)nc2n1. The van der Waals surface area contributed by atoms with Crippen LogP contribution >= 0.6 is 11.8 Å². The van der Waals surface area contributed by atoms with Gasteiger partial charge in [-0.05, 0) is 26.3 Å². The zero-order valence-electron chi connectivity index (χ0n) is 10.7. The van der Waals surface area contributed by atoms with Crippen LogP contribution in [0.4, 0.5) is 0 Å².